The van der Waals surface area contributed by atoms with Gasteiger partial charge in [0.25, 0.3) is 0 Å². The van der Waals surface area contributed by atoms with Crippen molar-refractivity contribution in [3.05, 3.63) is 18.2 Å². The van der Waals surface area contributed by atoms with Crippen molar-refractivity contribution in [1.29, 1.82) is 0 Å². The van der Waals surface area contributed by atoms with E-state index >= 15 is 0 Å². The number of thiocarbonyl (C=S) groups is 1. The minimum absolute atomic E-state index is 0.100. The second kappa shape index (κ2) is 9.17. The van der Waals surface area contributed by atoms with Gasteiger partial charge in [0.2, 0.25) is 5.88 Å². The Bertz CT molecular complexity index is 770. The monoisotopic (exact) mass is 380 g/mol. The number of rotatable bonds is 7. The van der Waals surface area contributed by atoms with Crippen LogP contribution in [-0.2, 0) is 6.54 Å². The van der Waals surface area contributed by atoms with Crippen molar-refractivity contribution in [2.24, 2.45) is 10.2 Å². The van der Waals surface area contributed by atoms with Crippen LogP contribution in [0.25, 0.3) is 10.9 Å². The van der Waals surface area contributed by atoms with Gasteiger partial charge in [-0.25, -0.2) is 0 Å². The minimum Gasteiger partial charge on any atom is -0.497 e. The molecule has 2 aromatic rings. The highest BCUT2D eigenvalue weighted by atomic mass is 32.2. The van der Waals surface area contributed by atoms with Crippen LogP contribution in [0.1, 0.15) is 13.8 Å². The smallest absolute Gasteiger partial charge is 0.220 e. The molecule has 0 spiro atoms. The Labute approximate surface area is 157 Å². The number of aromatic nitrogens is 1. The minimum atomic E-state index is 0.100. The lowest BCUT2D eigenvalue weighted by molar-refractivity contribution is 0.285. The molecule has 0 aliphatic rings. The highest BCUT2D eigenvalue weighted by Crippen LogP contribution is 2.40. The van der Waals surface area contributed by atoms with Gasteiger partial charge in [-0.15, -0.1) is 10.2 Å². The van der Waals surface area contributed by atoms with Crippen molar-refractivity contribution in [1.82, 2.24) is 9.47 Å². The van der Waals surface area contributed by atoms with Gasteiger partial charge in [-0.3, -0.25) is 0 Å². The molecule has 0 radical (unpaired) electrons. The van der Waals surface area contributed by atoms with Crippen molar-refractivity contribution in [2.75, 3.05) is 33.0 Å². The molecule has 136 valence electrons. The van der Waals surface area contributed by atoms with E-state index in [0.717, 1.165) is 30.5 Å². The van der Waals surface area contributed by atoms with E-state index in [4.69, 9.17) is 17.0 Å². The first-order valence-electron chi connectivity index (χ1n) is 8.16. The van der Waals surface area contributed by atoms with E-state index in [1.807, 2.05) is 29.0 Å². The highest BCUT2D eigenvalue weighted by molar-refractivity contribution is 8.22. The second-order valence-corrected chi connectivity index (χ2v) is 6.84. The van der Waals surface area contributed by atoms with Crippen LogP contribution in [0.4, 0.5) is 5.69 Å². The first-order valence-corrected chi connectivity index (χ1v) is 9.80. The van der Waals surface area contributed by atoms with Crippen LogP contribution in [0.5, 0.6) is 11.6 Å². The maximum absolute atomic E-state index is 10.7. The Morgan fingerprint density at radius 1 is 1.36 bits per heavy atom. The van der Waals surface area contributed by atoms with Gasteiger partial charge in [0, 0.05) is 18.5 Å². The number of likely N-dealkylation sites (N-methyl/N-ethyl adjacent to an activating group) is 1. The fourth-order valence-corrected chi connectivity index (χ4v) is 2.83. The van der Waals surface area contributed by atoms with E-state index in [9.17, 15) is 5.11 Å². The average molecular weight is 381 g/mol. The van der Waals surface area contributed by atoms with E-state index in [1.54, 1.807) is 7.11 Å². The van der Waals surface area contributed by atoms with E-state index in [0.29, 0.717) is 22.3 Å². The molecule has 2 rings (SSSR count). The maximum atomic E-state index is 10.7. The summed E-state index contributed by atoms with van der Waals surface area (Å²) in [5, 5.41) is 19.7. The first kappa shape index (κ1) is 19.7. The molecule has 0 bridgehead atoms. The summed E-state index contributed by atoms with van der Waals surface area (Å²) in [6.07, 6.45) is 1.84. The molecular weight excluding hydrogens is 356 g/mol. The molecule has 0 saturated carbocycles. The average Bonchev–Trinajstić information content (AvgIpc) is 2.90. The summed E-state index contributed by atoms with van der Waals surface area (Å²) in [6.45, 7) is 7.71. The van der Waals surface area contributed by atoms with E-state index in [-0.39, 0.29) is 5.88 Å². The van der Waals surface area contributed by atoms with Crippen LogP contribution >= 0.6 is 24.0 Å². The zero-order chi connectivity index (χ0) is 18.4. The van der Waals surface area contributed by atoms with Gasteiger partial charge in [0.1, 0.15) is 5.75 Å². The molecule has 0 atom stereocenters. The van der Waals surface area contributed by atoms with Gasteiger partial charge in [0.15, 0.2) is 10.0 Å². The molecule has 0 aliphatic carbocycles. The molecule has 6 nitrogen and oxygen atoms in total. The maximum Gasteiger partial charge on any atom is 0.220 e. The molecule has 1 aromatic carbocycles. The number of thioether (sulfide) groups is 1. The van der Waals surface area contributed by atoms with E-state index in [2.05, 4.69) is 29.0 Å². The van der Waals surface area contributed by atoms with Crippen LogP contribution in [0, 0.1) is 0 Å². The van der Waals surface area contributed by atoms with Crippen LogP contribution in [-0.4, -0.2) is 51.9 Å². The molecule has 0 fully saturated rings. The van der Waals surface area contributed by atoms with Crippen molar-refractivity contribution in [3.8, 4) is 11.6 Å². The number of nitrogens with zero attached hydrogens (tertiary/aromatic N) is 4. The molecule has 1 heterocycles. The summed E-state index contributed by atoms with van der Waals surface area (Å²) >= 11 is 6.42. The molecule has 1 N–H and O–H groups in total. The van der Waals surface area contributed by atoms with Gasteiger partial charge in [-0.05, 0) is 49.8 Å². The third kappa shape index (κ3) is 4.50. The van der Waals surface area contributed by atoms with Gasteiger partial charge < -0.3 is 19.3 Å². The first-order chi connectivity index (χ1) is 12.0. The number of hydrogen-bond acceptors (Lipinski definition) is 6. The fourth-order valence-electron chi connectivity index (χ4n) is 2.67. The molecule has 0 saturated heterocycles. The Hall–Kier alpha value is -1.64. The summed E-state index contributed by atoms with van der Waals surface area (Å²) in [4.78, 5) is 2.30. The van der Waals surface area contributed by atoms with Crippen LogP contribution in [0.15, 0.2) is 28.4 Å². The Morgan fingerprint density at radius 2 is 2.08 bits per heavy atom. The normalized spacial score (nSPS) is 11.7. The van der Waals surface area contributed by atoms with Crippen molar-refractivity contribution >= 4 is 44.9 Å². The zero-order valence-electron chi connectivity index (χ0n) is 15.0. The Balaban J connectivity index is 2.48. The molecular formula is C17H24N4O2S2. The Morgan fingerprint density at radius 3 is 2.68 bits per heavy atom. The molecule has 0 unspecified atom stereocenters. The van der Waals surface area contributed by atoms with Gasteiger partial charge in [-0.1, -0.05) is 25.6 Å². The lowest BCUT2D eigenvalue weighted by Gasteiger charge is -2.18. The third-order valence-corrected chi connectivity index (χ3v) is 5.17. The number of azo groups is 1. The van der Waals surface area contributed by atoms with Gasteiger partial charge >= 0.3 is 0 Å². The highest BCUT2D eigenvalue weighted by Gasteiger charge is 2.18. The molecule has 0 amide bonds. The number of hydrogen-bond donors (Lipinski definition) is 1. The third-order valence-electron chi connectivity index (χ3n) is 4.16. The van der Waals surface area contributed by atoms with Crippen molar-refractivity contribution in [3.63, 3.8) is 0 Å². The largest absolute Gasteiger partial charge is 0.497 e. The summed E-state index contributed by atoms with van der Waals surface area (Å²) in [5.41, 5.74) is 1.32. The lowest BCUT2D eigenvalue weighted by atomic mass is 10.2. The van der Waals surface area contributed by atoms with Gasteiger partial charge in [-0.2, -0.15) is 0 Å². The molecule has 0 aliphatic heterocycles. The molecule has 25 heavy (non-hydrogen) atoms. The number of benzene rings is 1. The quantitative estimate of drug-likeness (QED) is 0.569. The fraction of sp³-hybridized carbons (Fsp3) is 0.471. The van der Waals surface area contributed by atoms with Crippen molar-refractivity contribution in [2.45, 2.75) is 20.4 Å². The van der Waals surface area contributed by atoms with E-state index < -0.39 is 0 Å². The van der Waals surface area contributed by atoms with Crippen LogP contribution in [0.2, 0.25) is 0 Å². The predicted octanol–water partition coefficient (Wildman–Crippen LogP) is 4.43. The number of methoxy groups -OCH3 is 1. The molecule has 8 heteroatoms. The molecule has 1 aromatic heterocycles. The standard InChI is InChI=1S/C17H24N4O2S2/c1-5-20(6-2)9-10-21-14-8-7-12(23-3)11-13(14)15(16(21)22)18-19-17(24)25-4/h7-8,11,22H,5-6,9-10H2,1-4H3. The van der Waals surface area contributed by atoms with Crippen LogP contribution in [0.3, 0.4) is 0 Å². The van der Waals surface area contributed by atoms with Crippen molar-refractivity contribution < 1.29 is 9.84 Å². The second-order valence-electron chi connectivity index (χ2n) is 5.40. The van der Waals surface area contributed by atoms with E-state index in [1.165, 1.54) is 11.8 Å². The summed E-state index contributed by atoms with van der Waals surface area (Å²) < 4.78 is 7.59. The predicted molar refractivity (Wildman–Crippen MR) is 109 cm³/mol. The number of aromatic hydroxyl groups is 1. The topological polar surface area (TPSA) is 62.3 Å². The lowest BCUT2D eigenvalue weighted by Crippen LogP contribution is -2.26. The number of ether oxygens (including phenoxy) is 1. The Kier molecular flexibility index (Phi) is 7.22. The summed E-state index contributed by atoms with van der Waals surface area (Å²) in [6, 6.07) is 5.67. The zero-order valence-corrected chi connectivity index (χ0v) is 16.7. The van der Waals surface area contributed by atoms with Gasteiger partial charge in [0.05, 0.1) is 12.6 Å². The summed E-state index contributed by atoms with van der Waals surface area (Å²) in [5.74, 6) is 0.806. The number of fused-ring (bicyclic) bond motifs is 1. The SMILES string of the molecule is CCN(CC)CCn1c(O)c(N=NC(=S)SC)c2cc(OC)ccc21. The van der Waals surface area contributed by atoms with Crippen LogP contribution < -0.4 is 4.74 Å². The summed E-state index contributed by atoms with van der Waals surface area (Å²) in [7, 11) is 1.61.